The van der Waals surface area contributed by atoms with Crippen LogP contribution in [0.2, 0.25) is 5.02 Å². The maximum absolute atomic E-state index is 11.3. The first-order valence-corrected chi connectivity index (χ1v) is 10.1. The summed E-state index contributed by atoms with van der Waals surface area (Å²) in [7, 11) is 0. The van der Waals surface area contributed by atoms with Crippen molar-refractivity contribution in [2.45, 2.75) is 31.3 Å². The summed E-state index contributed by atoms with van der Waals surface area (Å²) in [6.07, 6.45) is 2.40. The van der Waals surface area contributed by atoms with Gasteiger partial charge in [-0.15, -0.1) is 0 Å². The third-order valence-corrected chi connectivity index (χ3v) is 6.38. The van der Waals surface area contributed by atoms with Crippen molar-refractivity contribution in [1.82, 2.24) is 15.1 Å². The van der Waals surface area contributed by atoms with Crippen molar-refractivity contribution in [3.8, 4) is 0 Å². The Balaban J connectivity index is 1.66. The molecule has 0 radical (unpaired) electrons. The number of anilines is 3. The Morgan fingerprint density at radius 2 is 2.17 bits per heavy atom. The number of ether oxygens (including phenoxy) is 1. The zero-order valence-electron chi connectivity index (χ0n) is 16.7. The second-order valence-electron chi connectivity index (χ2n) is 8.20. The van der Waals surface area contributed by atoms with E-state index >= 15 is 0 Å². The number of aryl methyl sites for hydroxylation is 1. The number of nitrogen functional groups attached to an aromatic ring is 1. The molecule has 5 rings (SSSR count). The molecular weight excluding hydrogens is 406 g/mol. The standard InChI is InChI=1S/C21H22ClN5O3/c1-12-7-17(26-30-12)20(2,28)13-3-4-14-16(8-13)27(10-21(14)5-6-29-11-21)18-15(22)9-24-19(23)25-18/h3-4,7-9,28H,5-6,10-11H2,1-2H3,(H2,23,24,25)/t20?,21-/m0/s1. The SMILES string of the molecule is Cc1cc(C(C)(O)c2ccc3c(c2)N(c2nc(N)ncc2Cl)C[C@]32CCOC2)no1. The van der Waals surface area contributed by atoms with Gasteiger partial charge >= 0.3 is 0 Å². The van der Waals surface area contributed by atoms with E-state index in [9.17, 15) is 5.11 Å². The Morgan fingerprint density at radius 1 is 1.33 bits per heavy atom. The molecule has 2 aromatic heterocycles. The predicted molar refractivity (Wildman–Crippen MR) is 112 cm³/mol. The largest absolute Gasteiger partial charge is 0.380 e. The fourth-order valence-electron chi connectivity index (χ4n) is 4.42. The highest BCUT2D eigenvalue weighted by Gasteiger charge is 2.47. The fraction of sp³-hybridized carbons (Fsp3) is 0.381. The summed E-state index contributed by atoms with van der Waals surface area (Å²) in [5.74, 6) is 1.34. The van der Waals surface area contributed by atoms with Crippen LogP contribution in [0.15, 0.2) is 35.0 Å². The molecule has 0 saturated carbocycles. The molecule has 3 N–H and O–H groups in total. The monoisotopic (exact) mass is 427 g/mol. The molecular formula is C21H22ClN5O3. The molecule has 0 amide bonds. The number of aromatic nitrogens is 3. The molecule has 0 bridgehead atoms. The van der Waals surface area contributed by atoms with Crippen LogP contribution in [0.25, 0.3) is 0 Å². The topological polar surface area (TPSA) is 111 Å². The summed E-state index contributed by atoms with van der Waals surface area (Å²) < 4.78 is 10.9. The van der Waals surface area contributed by atoms with E-state index in [0.717, 1.165) is 17.7 Å². The van der Waals surface area contributed by atoms with Crippen molar-refractivity contribution < 1.29 is 14.4 Å². The molecule has 9 heteroatoms. The zero-order chi connectivity index (χ0) is 21.1. The van der Waals surface area contributed by atoms with Crippen molar-refractivity contribution in [2.75, 3.05) is 30.4 Å². The highest BCUT2D eigenvalue weighted by atomic mass is 35.5. The molecule has 156 valence electrons. The van der Waals surface area contributed by atoms with E-state index in [1.807, 2.05) is 17.0 Å². The molecule has 2 atom stereocenters. The van der Waals surface area contributed by atoms with E-state index in [0.29, 0.717) is 47.6 Å². The molecule has 4 heterocycles. The Hall–Kier alpha value is -2.68. The molecule has 3 aromatic rings. The van der Waals surface area contributed by atoms with Gasteiger partial charge in [0.2, 0.25) is 5.95 Å². The molecule has 2 aliphatic rings. The summed E-state index contributed by atoms with van der Waals surface area (Å²) >= 11 is 6.44. The number of aliphatic hydroxyl groups is 1. The van der Waals surface area contributed by atoms with E-state index < -0.39 is 5.60 Å². The Labute approximate surface area is 178 Å². The first-order valence-electron chi connectivity index (χ1n) is 9.75. The molecule has 1 fully saturated rings. The summed E-state index contributed by atoms with van der Waals surface area (Å²) in [6.45, 7) is 5.47. The van der Waals surface area contributed by atoms with E-state index in [4.69, 9.17) is 26.6 Å². The molecule has 30 heavy (non-hydrogen) atoms. The number of hydrogen-bond acceptors (Lipinski definition) is 8. The Kier molecular flexibility index (Phi) is 4.29. The van der Waals surface area contributed by atoms with Crippen LogP contribution in [-0.4, -0.2) is 40.0 Å². The molecule has 1 aromatic carbocycles. The number of fused-ring (bicyclic) bond motifs is 2. The van der Waals surface area contributed by atoms with Gasteiger partial charge in [-0.05, 0) is 37.5 Å². The molecule has 1 spiro atoms. The second-order valence-corrected chi connectivity index (χ2v) is 8.60. The highest BCUT2D eigenvalue weighted by molar-refractivity contribution is 6.33. The molecule has 2 aliphatic heterocycles. The van der Waals surface area contributed by atoms with Crippen molar-refractivity contribution in [1.29, 1.82) is 0 Å². The third-order valence-electron chi connectivity index (χ3n) is 6.11. The van der Waals surface area contributed by atoms with Gasteiger partial charge < -0.3 is 25.0 Å². The van der Waals surface area contributed by atoms with Crippen molar-refractivity contribution in [3.05, 3.63) is 58.1 Å². The summed E-state index contributed by atoms with van der Waals surface area (Å²) in [4.78, 5) is 10.4. The van der Waals surface area contributed by atoms with Gasteiger partial charge in [-0.1, -0.05) is 28.9 Å². The molecule has 8 nitrogen and oxygen atoms in total. The van der Waals surface area contributed by atoms with Crippen LogP contribution in [0.1, 0.15) is 35.9 Å². The second kappa shape index (κ2) is 6.66. The smallest absolute Gasteiger partial charge is 0.222 e. The van der Waals surface area contributed by atoms with E-state index in [-0.39, 0.29) is 11.4 Å². The lowest BCUT2D eigenvalue weighted by molar-refractivity contribution is 0.0932. The first kappa shape index (κ1) is 19.3. The maximum Gasteiger partial charge on any atom is 0.222 e. The normalized spacial score (nSPS) is 22.5. The van der Waals surface area contributed by atoms with Gasteiger partial charge in [0.1, 0.15) is 22.1 Å². The number of nitrogens with two attached hydrogens (primary N) is 1. The number of hydrogen-bond donors (Lipinski definition) is 2. The summed E-state index contributed by atoms with van der Waals surface area (Å²) in [5.41, 5.74) is 7.56. The van der Waals surface area contributed by atoms with E-state index in [1.54, 1.807) is 19.9 Å². The predicted octanol–water partition coefficient (Wildman–Crippen LogP) is 3.07. The summed E-state index contributed by atoms with van der Waals surface area (Å²) in [6, 6.07) is 7.68. The molecule has 0 aliphatic carbocycles. The number of halogens is 1. The van der Waals surface area contributed by atoms with Gasteiger partial charge in [0.15, 0.2) is 5.82 Å². The van der Waals surface area contributed by atoms with Gasteiger partial charge in [0, 0.05) is 30.3 Å². The molecule has 1 saturated heterocycles. The number of nitrogens with zero attached hydrogens (tertiary/aromatic N) is 4. The minimum atomic E-state index is -1.32. The first-order chi connectivity index (χ1) is 14.3. The van der Waals surface area contributed by atoms with Crippen LogP contribution in [0.3, 0.4) is 0 Å². The van der Waals surface area contributed by atoms with Crippen LogP contribution in [0, 0.1) is 6.92 Å². The van der Waals surface area contributed by atoms with Crippen molar-refractivity contribution in [3.63, 3.8) is 0 Å². The lowest BCUT2D eigenvalue weighted by Crippen LogP contribution is -2.32. The lowest BCUT2D eigenvalue weighted by atomic mass is 9.80. The maximum atomic E-state index is 11.3. The average Bonchev–Trinajstić information content (AvgIpc) is 3.44. The minimum Gasteiger partial charge on any atom is -0.380 e. The summed E-state index contributed by atoms with van der Waals surface area (Å²) in [5, 5.41) is 15.7. The lowest BCUT2D eigenvalue weighted by Gasteiger charge is -2.24. The van der Waals surface area contributed by atoms with Gasteiger partial charge in [-0.2, -0.15) is 4.98 Å². The molecule has 1 unspecified atom stereocenters. The van der Waals surface area contributed by atoms with Crippen LogP contribution in [0.5, 0.6) is 0 Å². The Morgan fingerprint density at radius 3 is 2.87 bits per heavy atom. The highest BCUT2D eigenvalue weighted by Crippen LogP contribution is 2.50. The van der Waals surface area contributed by atoms with E-state index in [2.05, 4.69) is 21.2 Å². The van der Waals surface area contributed by atoms with Crippen molar-refractivity contribution >= 4 is 29.1 Å². The number of rotatable bonds is 3. The van der Waals surface area contributed by atoms with E-state index in [1.165, 1.54) is 6.20 Å². The van der Waals surface area contributed by atoms with Gasteiger partial charge in [0.25, 0.3) is 0 Å². The van der Waals surface area contributed by atoms with Crippen molar-refractivity contribution in [2.24, 2.45) is 0 Å². The quantitative estimate of drug-likeness (QED) is 0.656. The average molecular weight is 428 g/mol. The Bertz CT molecular complexity index is 1120. The van der Waals surface area contributed by atoms with Gasteiger partial charge in [-0.3, -0.25) is 0 Å². The minimum absolute atomic E-state index is 0.154. The zero-order valence-corrected chi connectivity index (χ0v) is 17.5. The number of benzene rings is 1. The van der Waals surface area contributed by atoms with Crippen LogP contribution in [0.4, 0.5) is 17.5 Å². The van der Waals surface area contributed by atoms with Crippen LogP contribution < -0.4 is 10.6 Å². The van der Waals surface area contributed by atoms with Crippen LogP contribution >= 0.6 is 11.6 Å². The third kappa shape index (κ3) is 2.86. The fourth-order valence-corrected chi connectivity index (χ4v) is 4.61. The van der Waals surface area contributed by atoms with Gasteiger partial charge in [0.05, 0.1) is 12.8 Å². The van der Waals surface area contributed by atoms with Gasteiger partial charge in [-0.25, -0.2) is 4.98 Å². The van der Waals surface area contributed by atoms with Crippen LogP contribution in [-0.2, 0) is 15.8 Å².